The van der Waals surface area contributed by atoms with Crippen LogP contribution in [0.15, 0.2) is 12.1 Å². The van der Waals surface area contributed by atoms with E-state index in [1.54, 1.807) is 12.1 Å². The molecule has 0 amide bonds. The van der Waals surface area contributed by atoms with Gasteiger partial charge in [-0.2, -0.15) is 0 Å². The Balaban J connectivity index is 3.14. The summed E-state index contributed by atoms with van der Waals surface area (Å²) in [5.74, 6) is 0.399. The minimum absolute atomic E-state index is 0.169. The van der Waals surface area contributed by atoms with Crippen LogP contribution in [0.25, 0.3) is 0 Å². The maximum absolute atomic E-state index is 11.7. The number of ketones is 1. The second kappa shape index (κ2) is 4.27. The van der Waals surface area contributed by atoms with E-state index >= 15 is 0 Å². The lowest BCUT2D eigenvalue weighted by Crippen LogP contribution is -2.03. The number of aryl methyl sites for hydroxylation is 2. The molecule has 0 radical (unpaired) electrons. The number of carbonyl (C=O) groups is 1. The SMILES string of the molecule is CCCC(=O)c1c(C)cc(O)cc1C. The van der Waals surface area contributed by atoms with E-state index in [1.165, 1.54) is 0 Å². The number of rotatable bonds is 3. The van der Waals surface area contributed by atoms with Crippen LogP contribution < -0.4 is 0 Å². The number of phenols is 1. The number of benzene rings is 1. The quantitative estimate of drug-likeness (QED) is 0.747. The molecule has 2 nitrogen and oxygen atoms in total. The predicted octanol–water partition coefficient (Wildman–Crippen LogP) is 2.99. The van der Waals surface area contributed by atoms with Crippen LogP contribution >= 0.6 is 0 Å². The van der Waals surface area contributed by atoms with Gasteiger partial charge in [0.05, 0.1) is 0 Å². The fourth-order valence-corrected chi connectivity index (χ4v) is 1.73. The van der Waals surface area contributed by atoms with E-state index in [0.717, 1.165) is 23.1 Å². The van der Waals surface area contributed by atoms with Crippen molar-refractivity contribution in [2.75, 3.05) is 0 Å². The van der Waals surface area contributed by atoms with E-state index in [0.29, 0.717) is 6.42 Å². The molecule has 0 aromatic heterocycles. The summed E-state index contributed by atoms with van der Waals surface area (Å²) in [5, 5.41) is 9.32. The topological polar surface area (TPSA) is 37.3 Å². The van der Waals surface area contributed by atoms with Crippen molar-refractivity contribution in [3.63, 3.8) is 0 Å². The van der Waals surface area contributed by atoms with Gasteiger partial charge in [-0.3, -0.25) is 4.79 Å². The van der Waals surface area contributed by atoms with E-state index in [-0.39, 0.29) is 11.5 Å². The molecule has 0 spiro atoms. The average Bonchev–Trinajstić information content (AvgIpc) is 2.01. The molecule has 0 heterocycles. The molecule has 1 aromatic rings. The van der Waals surface area contributed by atoms with Crippen LogP contribution in [0.2, 0.25) is 0 Å². The second-order valence-electron chi connectivity index (χ2n) is 3.63. The number of phenolic OH excluding ortho intramolecular Hbond substituents is 1. The first-order valence-electron chi connectivity index (χ1n) is 4.89. The molecule has 0 aliphatic rings. The molecule has 0 bridgehead atoms. The molecule has 2 heteroatoms. The maximum atomic E-state index is 11.7. The summed E-state index contributed by atoms with van der Waals surface area (Å²) in [6.07, 6.45) is 1.44. The fourth-order valence-electron chi connectivity index (χ4n) is 1.73. The molecular formula is C12H16O2. The molecule has 0 saturated heterocycles. The van der Waals surface area contributed by atoms with Gasteiger partial charge < -0.3 is 5.11 Å². The molecule has 76 valence electrons. The van der Waals surface area contributed by atoms with E-state index in [4.69, 9.17) is 0 Å². The first kappa shape index (κ1) is 10.8. The fraction of sp³-hybridized carbons (Fsp3) is 0.417. The van der Waals surface area contributed by atoms with Gasteiger partial charge in [0.15, 0.2) is 5.78 Å². The Labute approximate surface area is 84.6 Å². The highest BCUT2D eigenvalue weighted by atomic mass is 16.3. The summed E-state index contributed by atoms with van der Waals surface area (Å²) >= 11 is 0. The highest BCUT2D eigenvalue weighted by Gasteiger charge is 2.11. The Bertz CT molecular complexity index is 330. The molecule has 0 saturated carbocycles. The molecule has 0 unspecified atom stereocenters. The Hall–Kier alpha value is -1.31. The predicted molar refractivity (Wildman–Crippen MR) is 56.8 cm³/mol. The Kier molecular flexibility index (Phi) is 3.28. The van der Waals surface area contributed by atoms with Gasteiger partial charge in [0.1, 0.15) is 5.75 Å². The van der Waals surface area contributed by atoms with Gasteiger partial charge in [0.25, 0.3) is 0 Å². The van der Waals surface area contributed by atoms with Crippen molar-refractivity contribution in [2.24, 2.45) is 0 Å². The zero-order valence-corrected chi connectivity index (χ0v) is 8.92. The third kappa shape index (κ3) is 2.13. The number of hydrogen-bond donors (Lipinski definition) is 1. The lowest BCUT2D eigenvalue weighted by atomic mass is 9.96. The van der Waals surface area contributed by atoms with Crippen molar-refractivity contribution in [1.82, 2.24) is 0 Å². The summed E-state index contributed by atoms with van der Waals surface area (Å²) in [7, 11) is 0. The normalized spacial score (nSPS) is 10.2. The molecule has 0 aliphatic heterocycles. The molecule has 14 heavy (non-hydrogen) atoms. The summed E-state index contributed by atoms with van der Waals surface area (Å²) in [4.78, 5) is 11.7. The zero-order chi connectivity index (χ0) is 10.7. The van der Waals surface area contributed by atoms with E-state index < -0.39 is 0 Å². The van der Waals surface area contributed by atoms with Crippen molar-refractivity contribution in [3.8, 4) is 5.75 Å². The third-order valence-electron chi connectivity index (χ3n) is 2.27. The molecule has 1 aromatic carbocycles. The third-order valence-corrected chi connectivity index (χ3v) is 2.27. The highest BCUT2D eigenvalue weighted by molar-refractivity contribution is 5.98. The first-order chi connectivity index (χ1) is 6.56. The van der Waals surface area contributed by atoms with Crippen molar-refractivity contribution >= 4 is 5.78 Å². The van der Waals surface area contributed by atoms with Crippen molar-refractivity contribution in [1.29, 1.82) is 0 Å². The number of carbonyl (C=O) groups excluding carboxylic acids is 1. The summed E-state index contributed by atoms with van der Waals surface area (Å²) < 4.78 is 0. The Morgan fingerprint density at radius 2 is 1.79 bits per heavy atom. The Morgan fingerprint density at radius 3 is 2.21 bits per heavy atom. The lowest BCUT2D eigenvalue weighted by Gasteiger charge is -2.08. The van der Waals surface area contributed by atoms with Gasteiger partial charge in [0.2, 0.25) is 0 Å². The number of Topliss-reactive ketones (excluding diaryl/α,β-unsaturated/α-hetero) is 1. The van der Waals surface area contributed by atoms with E-state index in [2.05, 4.69) is 0 Å². The lowest BCUT2D eigenvalue weighted by molar-refractivity contribution is 0.0980. The highest BCUT2D eigenvalue weighted by Crippen LogP contribution is 2.22. The van der Waals surface area contributed by atoms with E-state index in [1.807, 2.05) is 20.8 Å². The van der Waals surface area contributed by atoms with Crippen LogP contribution in [0, 0.1) is 13.8 Å². The van der Waals surface area contributed by atoms with Gasteiger partial charge in [-0.15, -0.1) is 0 Å². The van der Waals surface area contributed by atoms with Crippen LogP contribution in [-0.4, -0.2) is 10.9 Å². The monoisotopic (exact) mass is 192 g/mol. The molecule has 0 fully saturated rings. The largest absolute Gasteiger partial charge is 0.508 e. The van der Waals surface area contributed by atoms with Gasteiger partial charge in [-0.1, -0.05) is 6.92 Å². The number of hydrogen-bond acceptors (Lipinski definition) is 2. The first-order valence-corrected chi connectivity index (χ1v) is 4.89. The summed E-state index contributed by atoms with van der Waals surface area (Å²) in [6.45, 7) is 5.70. The maximum Gasteiger partial charge on any atom is 0.163 e. The summed E-state index contributed by atoms with van der Waals surface area (Å²) in [5.41, 5.74) is 2.49. The second-order valence-corrected chi connectivity index (χ2v) is 3.63. The smallest absolute Gasteiger partial charge is 0.163 e. The van der Waals surface area contributed by atoms with E-state index in [9.17, 15) is 9.90 Å². The van der Waals surface area contributed by atoms with Gasteiger partial charge >= 0.3 is 0 Å². The van der Waals surface area contributed by atoms with Crippen LogP contribution in [-0.2, 0) is 0 Å². The standard InChI is InChI=1S/C12H16O2/c1-4-5-11(14)12-8(2)6-10(13)7-9(12)3/h6-7,13H,4-5H2,1-3H3. The number of aromatic hydroxyl groups is 1. The minimum atomic E-state index is 0.169. The van der Waals surface area contributed by atoms with Crippen molar-refractivity contribution in [3.05, 3.63) is 28.8 Å². The van der Waals surface area contributed by atoms with Crippen molar-refractivity contribution in [2.45, 2.75) is 33.6 Å². The van der Waals surface area contributed by atoms with Crippen LogP contribution in [0.3, 0.4) is 0 Å². The van der Waals surface area contributed by atoms with Crippen molar-refractivity contribution < 1.29 is 9.90 Å². The van der Waals surface area contributed by atoms with Crippen LogP contribution in [0.1, 0.15) is 41.3 Å². The van der Waals surface area contributed by atoms with Gasteiger partial charge in [0, 0.05) is 12.0 Å². The van der Waals surface area contributed by atoms with Gasteiger partial charge in [-0.25, -0.2) is 0 Å². The minimum Gasteiger partial charge on any atom is -0.508 e. The Morgan fingerprint density at radius 1 is 1.29 bits per heavy atom. The molecule has 0 atom stereocenters. The molecule has 0 aliphatic carbocycles. The zero-order valence-electron chi connectivity index (χ0n) is 8.92. The van der Waals surface area contributed by atoms with Crippen LogP contribution in [0.4, 0.5) is 0 Å². The molecule has 1 rings (SSSR count). The average molecular weight is 192 g/mol. The molecular weight excluding hydrogens is 176 g/mol. The van der Waals surface area contributed by atoms with Crippen LogP contribution in [0.5, 0.6) is 5.75 Å². The molecule has 1 N–H and O–H groups in total. The van der Waals surface area contributed by atoms with Gasteiger partial charge in [-0.05, 0) is 43.5 Å². The summed E-state index contributed by atoms with van der Waals surface area (Å²) in [6, 6.07) is 3.27.